The van der Waals surface area contributed by atoms with E-state index >= 15 is 0 Å². The monoisotopic (exact) mass is 405 g/mol. The van der Waals surface area contributed by atoms with Gasteiger partial charge in [0.15, 0.2) is 0 Å². The van der Waals surface area contributed by atoms with Crippen molar-refractivity contribution in [3.8, 4) is 0 Å². The predicted octanol–water partition coefficient (Wildman–Crippen LogP) is 0.482. The molecule has 0 amide bonds. The summed E-state index contributed by atoms with van der Waals surface area (Å²) in [4.78, 5) is 2.41. The van der Waals surface area contributed by atoms with Crippen molar-refractivity contribution in [3.05, 3.63) is 17.5 Å². The van der Waals surface area contributed by atoms with E-state index in [4.69, 9.17) is 4.18 Å². The molecule has 0 radical (unpaired) electrons. The quantitative estimate of drug-likeness (QED) is 0.635. The van der Waals surface area contributed by atoms with Gasteiger partial charge in [-0.2, -0.15) is 17.6 Å². The first-order valence-electron chi connectivity index (χ1n) is 8.93. The zero-order valence-electron chi connectivity index (χ0n) is 15.5. The minimum Gasteiger partial charge on any atom is -0.299 e. The Labute approximate surface area is 155 Å². The van der Waals surface area contributed by atoms with E-state index in [1.54, 1.807) is 6.20 Å². The number of nitrogens with zero attached hydrogens (tertiary/aromatic N) is 3. The maximum absolute atomic E-state index is 11.8. The van der Waals surface area contributed by atoms with E-state index < -0.39 is 20.1 Å². The van der Waals surface area contributed by atoms with Crippen LogP contribution in [0.3, 0.4) is 0 Å². The molecule has 0 spiro atoms. The highest BCUT2D eigenvalue weighted by Crippen LogP contribution is 2.37. The molecule has 1 aromatic rings. The van der Waals surface area contributed by atoms with Crippen molar-refractivity contribution in [3.63, 3.8) is 0 Å². The summed E-state index contributed by atoms with van der Waals surface area (Å²) in [6, 6.07) is 0.342. The van der Waals surface area contributed by atoms with Crippen LogP contribution in [-0.2, 0) is 37.2 Å². The summed E-state index contributed by atoms with van der Waals surface area (Å²) in [5.74, 6) is 0.481. The lowest BCUT2D eigenvalue weighted by atomic mass is 9.74. The third-order valence-corrected chi connectivity index (χ3v) is 6.68. The van der Waals surface area contributed by atoms with Gasteiger partial charge in [0.1, 0.15) is 0 Å². The minimum absolute atomic E-state index is 0.149. The van der Waals surface area contributed by atoms with Crippen LogP contribution in [0.25, 0.3) is 0 Å². The highest BCUT2D eigenvalue weighted by atomic mass is 32.2. The molecule has 2 heterocycles. The van der Waals surface area contributed by atoms with Crippen LogP contribution in [-0.4, -0.2) is 69.2 Å². The predicted molar refractivity (Wildman–Crippen MR) is 97.9 cm³/mol. The van der Waals surface area contributed by atoms with E-state index in [1.807, 2.05) is 0 Å². The van der Waals surface area contributed by atoms with Crippen molar-refractivity contribution in [1.29, 1.82) is 0 Å². The second-order valence-electron chi connectivity index (χ2n) is 7.56. The number of aromatic nitrogens is 2. The molecule has 1 saturated heterocycles. The molecular formula is C16H27N3O5S2. The zero-order chi connectivity index (χ0) is 19.1. The molecule has 3 atom stereocenters. The summed E-state index contributed by atoms with van der Waals surface area (Å²) in [6.07, 6.45) is 7.26. The normalized spacial score (nSPS) is 27.1. The van der Waals surface area contributed by atoms with Crippen LogP contribution in [0, 0.1) is 11.8 Å². The Morgan fingerprint density at radius 1 is 1.23 bits per heavy atom. The Hall–Kier alpha value is -0.970. The summed E-state index contributed by atoms with van der Waals surface area (Å²) < 4.78 is 52.3. The van der Waals surface area contributed by atoms with Gasteiger partial charge in [-0.05, 0) is 49.6 Å². The lowest BCUT2D eigenvalue weighted by Crippen LogP contribution is -2.53. The van der Waals surface area contributed by atoms with E-state index in [-0.39, 0.29) is 12.5 Å². The number of hydrogen-bond donors (Lipinski definition) is 0. The van der Waals surface area contributed by atoms with E-state index in [1.165, 1.54) is 0 Å². The first kappa shape index (κ1) is 19.8. The Morgan fingerprint density at radius 3 is 2.58 bits per heavy atom. The Bertz CT molecular complexity index is 862. The molecule has 3 rings (SSSR count). The van der Waals surface area contributed by atoms with Crippen LogP contribution in [0.4, 0.5) is 0 Å². The van der Waals surface area contributed by atoms with E-state index in [2.05, 4.69) is 16.9 Å². The number of hydrogen-bond acceptors (Lipinski definition) is 7. The van der Waals surface area contributed by atoms with Gasteiger partial charge < -0.3 is 0 Å². The van der Waals surface area contributed by atoms with Crippen molar-refractivity contribution in [2.24, 2.45) is 11.8 Å². The molecule has 148 valence electrons. The summed E-state index contributed by atoms with van der Waals surface area (Å²) in [7, 11) is -6.83. The van der Waals surface area contributed by atoms with Crippen LogP contribution < -0.4 is 0 Å². The van der Waals surface area contributed by atoms with Crippen molar-refractivity contribution >= 4 is 20.1 Å². The third-order valence-electron chi connectivity index (χ3n) is 5.25. The number of likely N-dealkylation sites (tertiary alicyclic amines) is 1. The largest absolute Gasteiger partial charge is 0.299 e. The molecule has 1 aliphatic heterocycles. The molecule has 1 unspecified atom stereocenters. The van der Waals surface area contributed by atoms with Gasteiger partial charge >= 0.3 is 0 Å². The number of piperidine rings is 1. The fraction of sp³-hybridized carbons (Fsp3) is 0.812. The Balaban J connectivity index is 1.80. The molecule has 0 saturated carbocycles. The van der Waals surface area contributed by atoms with Gasteiger partial charge in [-0.1, -0.05) is 6.92 Å². The van der Waals surface area contributed by atoms with Crippen LogP contribution in [0.1, 0.15) is 31.0 Å². The molecule has 0 N–H and O–H groups in total. The zero-order valence-corrected chi connectivity index (χ0v) is 17.1. The fourth-order valence-electron chi connectivity index (χ4n) is 4.23. The van der Waals surface area contributed by atoms with Crippen molar-refractivity contribution < 1.29 is 21.0 Å². The number of fused-ring (bicyclic) bond motifs is 2. The van der Waals surface area contributed by atoms with Crippen molar-refractivity contribution in [1.82, 2.24) is 14.1 Å². The lowest BCUT2D eigenvalue weighted by Gasteiger charge is -2.46. The molecule has 1 aromatic heterocycles. The minimum atomic E-state index is -3.45. The number of rotatable bonds is 6. The maximum Gasteiger partial charge on any atom is 0.264 e. The third kappa shape index (κ3) is 4.47. The van der Waals surface area contributed by atoms with Crippen LogP contribution in [0.5, 0.6) is 0 Å². The Morgan fingerprint density at radius 2 is 1.96 bits per heavy atom. The van der Waals surface area contributed by atoms with Gasteiger partial charge in [-0.3, -0.25) is 9.08 Å². The molecule has 1 fully saturated rings. The van der Waals surface area contributed by atoms with Gasteiger partial charge in [0.25, 0.3) is 20.1 Å². The van der Waals surface area contributed by atoms with Gasteiger partial charge in [0.2, 0.25) is 0 Å². The first-order chi connectivity index (χ1) is 12.1. The summed E-state index contributed by atoms with van der Waals surface area (Å²) in [6.45, 7) is 4.07. The molecule has 26 heavy (non-hydrogen) atoms. The molecule has 1 aliphatic carbocycles. The second-order valence-corrected chi connectivity index (χ2v) is 11.0. The molecule has 0 aromatic carbocycles. The van der Waals surface area contributed by atoms with Crippen LogP contribution in [0.15, 0.2) is 6.20 Å². The molecule has 10 heteroatoms. The molecule has 2 aliphatic rings. The molecule has 0 bridgehead atoms. The van der Waals surface area contributed by atoms with E-state index in [0.29, 0.717) is 12.0 Å². The summed E-state index contributed by atoms with van der Waals surface area (Å²) in [5, 5.41) is 4.28. The van der Waals surface area contributed by atoms with Gasteiger partial charge in [-0.15, -0.1) is 0 Å². The smallest absolute Gasteiger partial charge is 0.264 e. The fourth-order valence-corrected chi connectivity index (χ4v) is 5.24. The average molecular weight is 406 g/mol. The average Bonchev–Trinajstić information content (AvgIpc) is 2.94. The topological polar surface area (TPSA) is 98.6 Å². The Kier molecular flexibility index (Phi) is 5.49. The lowest BCUT2D eigenvalue weighted by molar-refractivity contribution is 0.0324. The molecule has 8 nitrogen and oxygen atoms in total. The summed E-state index contributed by atoms with van der Waals surface area (Å²) in [5.41, 5.74) is 1.85. The first-order valence-corrected chi connectivity index (χ1v) is 12.6. The summed E-state index contributed by atoms with van der Waals surface area (Å²) >= 11 is 0. The molecular weight excluding hydrogens is 378 g/mol. The van der Waals surface area contributed by atoms with Gasteiger partial charge in [0, 0.05) is 18.8 Å². The van der Waals surface area contributed by atoms with Gasteiger partial charge in [0.05, 0.1) is 24.8 Å². The van der Waals surface area contributed by atoms with E-state index in [9.17, 15) is 16.8 Å². The van der Waals surface area contributed by atoms with Crippen molar-refractivity contribution in [2.75, 3.05) is 32.2 Å². The van der Waals surface area contributed by atoms with E-state index in [0.717, 1.165) is 66.6 Å². The van der Waals surface area contributed by atoms with Crippen molar-refractivity contribution in [2.45, 2.75) is 38.6 Å². The highest BCUT2D eigenvalue weighted by molar-refractivity contribution is 7.89. The van der Waals surface area contributed by atoms with Crippen LogP contribution >= 0.6 is 0 Å². The second kappa shape index (κ2) is 7.21. The van der Waals surface area contributed by atoms with Gasteiger partial charge in [-0.25, -0.2) is 8.42 Å². The standard InChI is InChI=1S/C16H27N3O5S2/c1-4-5-18-9-12(11-24-26(3,22)23)6-13-7-15-14(8-16(13)18)10-19(17-15)25(2,20)21/h10,12-13,16H,4-9,11H2,1-3H3/t12-,13-,16?/m1/s1. The SMILES string of the molecule is CCCN1C[C@H](COS(C)(=O)=O)C[C@@H]2Cc3nn(S(C)(=O)=O)cc3CC21. The highest BCUT2D eigenvalue weighted by Gasteiger charge is 2.40. The maximum atomic E-state index is 11.8. The van der Waals surface area contributed by atoms with Crippen LogP contribution in [0.2, 0.25) is 0 Å².